The van der Waals surface area contributed by atoms with Crippen molar-refractivity contribution in [1.29, 1.82) is 0 Å². The number of hydrogen-bond acceptors (Lipinski definition) is 3. The number of ether oxygens (including phenoxy) is 2. The predicted molar refractivity (Wildman–Crippen MR) is 43.4 cm³/mol. The third kappa shape index (κ3) is 1.21. The molecule has 0 radical (unpaired) electrons. The second-order valence-corrected chi connectivity index (χ2v) is 2.93. The summed E-state index contributed by atoms with van der Waals surface area (Å²) < 4.78 is 10.1. The Labute approximate surface area is 74.5 Å². The average molecular weight is 187 g/mol. The maximum absolute atomic E-state index is 9.22. The van der Waals surface area contributed by atoms with Gasteiger partial charge in [0.1, 0.15) is 11.5 Å². The van der Waals surface area contributed by atoms with Gasteiger partial charge in [0.05, 0.1) is 11.6 Å². The molecule has 1 aromatic rings. The van der Waals surface area contributed by atoms with Gasteiger partial charge in [-0.3, -0.25) is 0 Å². The van der Waals surface area contributed by atoms with Crippen LogP contribution in [0.2, 0.25) is 5.02 Å². The normalized spacial score (nSPS) is 15.1. The zero-order valence-corrected chi connectivity index (χ0v) is 6.97. The second kappa shape index (κ2) is 2.84. The first-order chi connectivity index (χ1) is 5.77. The minimum atomic E-state index is 0.0392. The summed E-state index contributed by atoms with van der Waals surface area (Å²) in [5, 5.41) is 9.54. The molecule has 2 rings (SSSR count). The predicted octanol–water partition coefficient (Wildman–Crippen LogP) is 1.91. The van der Waals surface area contributed by atoms with Crippen molar-refractivity contribution in [3.8, 4) is 11.5 Å². The fourth-order valence-electron chi connectivity index (χ4n) is 1.09. The first-order valence-electron chi connectivity index (χ1n) is 3.49. The van der Waals surface area contributed by atoms with Gasteiger partial charge in [-0.1, -0.05) is 11.6 Å². The lowest BCUT2D eigenvalue weighted by Crippen LogP contribution is -2.10. The molecule has 12 heavy (non-hydrogen) atoms. The van der Waals surface area contributed by atoms with Gasteiger partial charge < -0.3 is 14.6 Å². The maximum Gasteiger partial charge on any atom is 0.189 e. The Bertz CT molecular complexity index is 280. The van der Waals surface area contributed by atoms with Crippen molar-refractivity contribution in [3.63, 3.8) is 0 Å². The number of phenols is 1. The number of aromatic hydroxyl groups is 1. The van der Waals surface area contributed by atoms with Gasteiger partial charge >= 0.3 is 0 Å². The topological polar surface area (TPSA) is 38.7 Å². The van der Waals surface area contributed by atoms with Crippen LogP contribution >= 0.6 is 11.6 Å². The molecule has 1 heterocycles. The highest BCUT2D eigenvalue weighted by atomic mass is 35.5. The summed E-state index contributed by atoms with van der Waals surface area (Å²) in [7, 11) is 0. The molecule has 3 nitrogen and oxygen atoms in total. The summed E-state index contributed by atoms with van der Waals surface area (Å²) >= 11 is 5.68. The SMILES string of the molecule is Oc1cc2c(cc1Cl)COCO2. The van der Waals surface area contributed by atoms with Gasteiger partial charge in [0.25, 0.3) is 0 Å². The average Bonchev–Trinajstić information content (AvgIpc) is 2.07. The molecule has 0 spiro atoms. The van der Waals surface area contributed by atoms with Crippen molar-refractivity contribution in [2.24, 2.45) is 0 Å². The number of benzene rings is 1. The number of halogens is 1. The molecule has 1 aliphatic heterocycles. The zero-order valence-electron chi connectivity index (χ0n) is 6.21. The van der Waals surface area contributed by atoms with Crippen LogP contribution in [-0.4, -0.2) is 11.9 Å². The van der Waals surface area contributed by atoms with E-state index in [-0.39, 0.29) is 12.5 Å². The third-order valence-electron chi connectivity index (χ3n) is 1.69. The molecule has 0 atom stereocenters. The molecule has 64 valence electrons. The Morgan fingerprint density at radius 2 is 2.25 bits per heavy atom. The van der Waals surface area contributed by atoms with Crippen molar-refractivity contribution < 1.29 is 14.6 Å². The van der Waals surface area contributed by atoms with Gasteiger partial charge in [-0.25, -0.2) is 0 Å². The third-order valence-corrected chi connectivity index (χ3v) is 1.99. The van der Waals surface area contributed by atoms with Crippen LogP contribution in [0.1, 0.15) is 5.56 Å². The molecule has 0 bridgehead atoms. The number of rotatable bonds is 0. The van der Waals surface area contributed by atoms with E-state index in [9.17, 15) is 5.11 Å². The van der Waals surface area contributed by atoms with Crippen LogP contribution in [0.25, 0.3) is 0 Å². The molecular weight excluding hydrogens is 180 g/mol. The van der Waals surface area contributed by atoms with E-state index in [0.717, 1.165) is 5.56 Å². The summed E-state index contributed by atoms with van der Waals surface area (Å²) in [5.74, 6) is 0.681. The molecule has 0 saturated carbocycles. The summed E-state index contributed by atoms with van der Waals surface area (Å²) in [6.07, 6.45) is 0. The van der Waals surface area contributed by atoms with E-state index in [0.29, 0.717) is 17.4 Å². The lowest BCUT2D eigenvalue weighted by molar-refractivity contribution is -0.0164. The Morgan fingerprint density at radius 1 is 1.42 bits per heavy atom. The van der Waals surface area contributed by atoms with Crippen molar-refractivity contribution in [2.75, 3.05) is 6.79 Å². The van der Waals surface area contributed by atoms with Crippen molar-refractivity contribution in [3.05, 3.63) is 22.7 Å². The van der Waals surface area contributed by atoms with Crippen molar-refractivity contribution >= 4 is 11.6 Å². The molecule has 0 amide bonds. The van der Waals surface area contributed by atoms with Gasteiger partial charge in [0.2, 0.25) is 0 Å². The van der Waals surface area contributed by atoms with E-state index in [4.69, 9.17) is 21.1 Å². The molecule has 0 aromatic heterocycles. The Hall–Kier alpha value is -0.930. The molecule has 1 aromatic carbocycles. The molecule has 1 N–H and O–H groups in total. The van der Waals surface area contributed by atoms with E-state index in [1.54, 1.807) is 6.07 Å². The Morgan fingerprint density at radius 3 is 3.08 bits per heavy atom. The van der Waals surface area contributed by atoms with Crippen LogP contribution < -0.4 is 4.74 Å². The van der Waals surface area contributed by atoms with E-state index < -0.39 is 0 Å². The molecular formula is C8H7ClO3. The highest BCUT2D eigenvalue weighted by Gasteiger charge is 2.13. The largest absolute Gasteiger partial charge is 0.506 e. The lowest BCUT2D eigenvalue weighted by atomic mass is 10.2. The summed E-state index contributed by atoms with van der Waals surface area (Å²) in [5.41, 5.74) is 0.865. The molecule has 0 aliphatic carbocycles. The first kappa shape index (κ1) is 7.71. The smallest absolute Gasteiger partial charge is 0.189 e. The minimum absolute atomic E-state index is 0.0392. The molecule has 1 aliphatic rings. The highest BCUT2D eigenvalue weighted by Crippen LogP contribution is 2.33. The van der Waals surface area contributed by atoms with Crippen LogP contribution in [0.3, 0.4) is 0 Å². The first-order valence-corrected chi connectivity index (χ1v) is 3.87. The standard InChI is InChI=1S/C8H7ClO3/c9-6-1-5-3-11-4-12-8(5)2-7(6)10/h1-2,10H,3-4H2. The van der Waals surface area contributed by atoms with Crippen LogP contribution in [0.4, 0.5) is 0 Å². The van der Waals surface area contributed by atoms with Crippen LogP contribution in [0.15, 0.2) is 12.1 Å². The van der Waals surface area contributed by atoms with E-state index in [1.807, 2.05) is 0 Å². The monoisotopic (exact) mass is 186 g/mol. The van der Waals surface area contributed by atoms with Gasteiger partial charge in [-0.05, 0) is 6.07 Å². The van der Waals surface area contributed by atoms with Gasteiger partial charge in [-0.2, -0.15) is 0 Å². The molecule has 0 saturated heterocycles. The van der Waals surface area contributed by atoms with Crippen LogP contribution in [-0.2, 0) is 11.3 Å². The van der Waals surface area contributed by atoms with E-state index in [1.165, 1.54) is 6.07 Å². The van der Waals surface area contributed by atoms with E-state index >= 15 is 0 Å². The highest BCUT2D eigenvalue weighted by molar-refractivity contribution is 6.32. The summed E-state index contributed by atoms with van der Waals surface area (Å²) in [4.78, 5) is 0. The zero-order chi connectivity index (χ0) is 8.55. The maximum atomic E-state index is 9.22. The van der Waals surface area contributed by atoms with Gasteiger partial charge in [0.15, 0.2) is 6.79 Å². The summed E-state index contributed by atoms with van der Waals surface area (Å²) in [6, 6.07) is 3.14. The van der Waals surface area contributed by atoms with Gasteiger partial charge in [-0.15, -0.1) is 0 Å². The molecule has 4 heteroatoms. The number of phenolic OH excluding ortho intramolecular Hbond substituents is 1. The lowest BCUT2D eigenvalue weighted by Gasteiger charge is -2.17. The number of fused-ring (bicyclic) bond motifs is 1. The van der Waals surface area contributed by atoms with Crippen molar-refractivity contribution in [2.45, 2.75) is 6.61 Å². The Kier molecular flexibility index (Phi) is 1.83. The van der Waals surface area contributed by atoms with E-state index in [2.05, 4.69) is 0 Å². The van der Waals surface area contributed by atoms with Gasteiger partial charge in [0, 0.05) is 11.6 Å². The minimum Gasteiger partial charge on any atom is -0.506 e. The molecule has 0 fully saturated rings. The second-order valence-electron chi connectivity index (χ2n) is 2.52. The number of hydrogen-bond donors (Lipinski definition) is 1. The fraction of sp³-hybridized carbons (Fsp3) is 0.250. The summed E-state index contributed by atoms with van der Waals surface area (Å²) in [6.45, 7) is 0.712. The van der Waals surface area contributed by atoms with Crippen LogP contribution in [0, 0.1) is 0 Å². The van der Waals surface area contributed by atoms with Crippen LogP contribution in [0.5, 0.6) is 11.5 Å². The molecule has 0 unspecified atom stereocenters. The van der Waals surface area contributed by atoms with Crippen molar-refractivity contribution in [1.82, 2.24) is 0 Å². The Balaban J connectivity index is 2.49. The quantitative estimate of drug-likeness (QED) is 0.673. The fourth-order valence-corrected chi connectivity index (χ4v) is 1.27.